The summed E-state index contributed by atoms with van der Waals surface area (Å²) in [4.78, 5) is 2.23. The largest absolute Gasteiger partial charge is 0.497 e. The van der Waals surface area contributed by atoms with Crippen molar-refractivity contribution in [3.63, 3.8) is 0 Å². The first-order chi connectivity index (χ1) is 11.0. The Kier molecular flexibility index (Phi) is 6.12. The lowest BCUT2D eigenvalue weighted by molar-refractivity contribution is 0.222. The van der Waals surface area contributed by atoms with Gasteiger partial charge < -0.3 is 19.4 Å². The second-order valence-corrected chi connectivity index (χ2v) is 6.14. The summed E-state index contributed by atoms with van der Waals surface area (Å²) in [6, 6.07) is 8.04. The SMILES string of the molecule is COc1ccc(-c2nnc(CNCC(C(C)C)N(C)C)o2)cc1. The van der Waals surface area contributed by atoms with Crippen molar-refractivity contribution in [2.24, 2.45) is 5.92 Å². The summed E-state index contributed by atoms with van der Waals surface area (Å²) in [5.41, 5.74) is 0.887. The number of hydrogen-bond acceptors (Lipinski definition) is 6. The van der Waals surface area contributed by atoms with Crippen molar-refractivity contribution in [1.82, 2.24) is 20.4 Å². The van der Waals surface area contributed by atoms with Crippen molar-refractivity contribution >= 4 is 0 Å². The average Bonchev–Trinajstić information content (AvgIpc) is 2.99. The van der Waals surface area contributed by atoms with E-state index in [2.05, 4.69) is 48.4 Å². The normalized spacial score (nSPS) is 12.8. The predicted molar refractivity (Wildman–Crippen MR) is 90.3 cm³/mol. The average molecular weight is 318 g/mol. The summed E-state index contributed by atoms with van der Waals surface area (Å²) >= 11 is 0. The van der Waals surface area contributed by atoms with Crippen LogP contribution in [-0.2, 0) is 6.54 Å². The van der Waals surface area contributed by atoms with Gasteiger partial charge in [0.15, 0.2) is 0 Å². The number of rotatable bonds is 8. The van der Waals surface area contributed by atoms with Gasteiger partial charge in [0.2, 0.25) is 11.8 Å². The molecule has 126 valence electrons. The fraction of sp³-hybridized carbons (Fsp3) is 0.529. The third-order valence-corrected chi connectivity index (χ3v) is 3.87. The maximum absolute atomic E-state index is 5.71. The van der Waals surface area contributed by atoms with Gasteiger partial charge in [0.1, 0.15) is 5.75 Å². The third-order valence-electron chi connectivity index (χ3n) is 3.87. The summed E-state index contributed by atoms with van der Waals surface area (Å²) < 4.78 is 10.9. The van der Waals surface area contributed by atoms with Crippen molar-refractivity contribution in [2.75, 3.05) is 27.7 Å². The molecule has 0 fully saturated rings. The Balaban J connectivity index is 1.91. The fourth-order valence-electron chi connectivity index (χ4n) is 2.52. The molecule has 1 aromatic carbocycles. The van der Waals surface area contributed by atoms with Crippen molar-refractivity contribution < 1.29 is 9.15 Å². The lowest BCUT2D eigenvalue weighted by atomic mass is 10.0. The summed E-state index contributed by atoms with van der Waals surface area (Å²) in [5, 5.41) is 11.6. The summed E-state index contributed by atoms with van der Waals surface area (Å²) in [5.74, 6) is 2.50. The van der Waals surface area contributed by atoms with Crippen LogP contribution in [-0.4, -0.2) is 48.9 Å². The van der Waals surface area contributed by atoms with E-state index in [4.69, 9.17) is 9.15 Å². The Hall–Kier alpha value is -1.92. The predicted octanol–water partition coefficient (Wildman–Crippen LogP) is 2.42. The van der Waals surface area contributed by atoms with E-state index in [-0.39, 0.29) is 0 Å². The Bertz CT molecular complexity index is 585. The lowest BCUT2D eigenvalue weighted by Crippen LogP contribution is -2.41. The highest BCUT2D eigenvalue weighted by Crippen LogP contribution is 2.21. The number of benzene rings is 1. The molecule has 0 spiro atoms. The maximum Gasteiger partial charge on any atom is 0.247 e. The Labute approximate surface area is 137 Å². The summed E-state index contributed by atoms with van der Waals surface area (Å²) in [7, 11) is 5.84. The van der Waals surface area contributed by atoms with Crippen LogP contribution < -0.4 is 10.1 Å². The first-order valence-corrected chi connectivity index (χ1v) is 7.85. The molecule has 1 atom stereocenters. The summed E-state index contributed by atoms with van der Waals surface area (Å²) in [6.45, 7) is 5.90. The molecule has 6 heteroatoms. The lowest BCUT2D eigenvalue weighted by Gasteiger charge is -2.27. The van der Waals surface area contributed by atoms with E-state index in [0.717, 1.165) is 17.9 Å². The van der Waals surface area contributed by atoms with Crippen molar-refractivity contribution in [3.05, 3.63) is 30.2 Å². The second-order valence-electron chi connectivity index (χ2n) is 6.14. The first kappa shape index (κ1) is 17.4. The molecule has 0 aliphatic carbocycles. The van der Waals surface area contributed by atoms with Gasteiger partial charge in [-0.15, -0.1) is 10.2 Å². The van der Waals surface area contributed by atoms with E-state index in [1.165, 1.54) is 0 Å². The van der Waals surface area contributed by atoms with Crippen LogP contribution in [0.25, 0.3) is 11.5 Å². The van der Waals surface area contributed by atoms with Gasteiger partial charge in [-0.05, 0) is 44.3 Å². The highest BCUT2D eigenvalue weighted by atomic mass is 16.5. The van der Waals surface area contributed by atoms with Gasteiger partial charge in [-0.25, -0.2) is 0 Å². The van der Waals surface area contributed by atoms with E-state index in [1.807, 2.05) is 24.3 Å². The fourth-order valence-corrected chi connectivity index (χ4v) is 2.52. The van der Waals surface area contributed by atoms with Gasteiger partial charge in [0.25, 0.3) is 0 Å². The van der Waals surface area contributed by atoms with Crippen LogP contribution in [0.3, 0.4) is 0 Å². The van der Waals surface area contributed by atoms with Gasteiger partial charge in [-0.1, -0.05) is 13.8 Å². The van der Waals surface area contributed by atoms with E-state index < -0.39 is 0 Å². The van der Waals surface area contributed by atoms with Crippen molar-refractivity contribution in [1.29, 1.82) is 0 Å². The van der Waals surface area contributed by atoms with E-state index in [9.17, 15) is 0 Å². The molecule has 2 rings (SSSR count). The van der Waals surface area contributed by atoms with Crippen molar-refractivity contribution in [3.8, 4) is 17.2 Å². The topological polar surface area (TPSA) is 63.4 Å². The summed E-state index contributed by atoms with van der Waals surface area (Å²) in [6.07, 6.45) is 0. The molecular weight excluding hydrogens is 292 g/mol. The molecule has 0 aliphatic heterocycles. The number of methoxy groups -OCH3 is 1. The molecule has 2 aromatic rings. The number of ether oxygens (including phenoxy) is 1. The molecule has 23 heavy (non-hydrogen) atoms. The van der Waals surface area contributed by atoms with Crippen LogP contribution in [0, 0.1) is 5.92 Å². The van der Waals surface area contributed by atoms with Crippen LogP contribution in [0.1, 0.15) is 19.7 Å². The maximum atomic E-state index is 5.71. The number of nitrogens with one attached hydrogen (secondary N) is 1. The molecule has 0 radical (unpaired) electrons. The molecule has 1 aromatic heterocycles. The minimum absolute atomic E-state index is 0.471. The third kappa shape index (κ3) is 4.77. The number of likely N-dealkylation sites (N-methyl/N-ethyl adjacent to an activating group) is 1. The smallest absolute Gasteiger partial charge is 0.247 e. The van der Waals surface area contributed by atoms with Gasteiger partial charge in [0, 0.05) is 18.2 Å². The Morgan fingerprint density at radius 2 is 1.87 bits per heavy atom. The van der Waals surface area contributed by atoms with Crippen molar-refractivity contribution in [2.45, 2.75) is 26.4 Å². The molecule has 0 saturated carbocycles. The zero-order valence-electron chi connectivity index (χ0n) is 14.5. The van der Waals surface area contributed by atoms with Crippen LogP contribution in [0.2, 0.25) is 0 Å². The molecule has 0 aliphatic rings. The minimum atomic E-state index is 0.471. The van der Waals surface area contributed by atoms with Crippen LogP contribution in [0.15, 0.2) is 28.7 Å². The highest BCUT2D eigenvalue weighted by molar-refractivity contribution is 5.53. The van der Waals surface area contributed by atoms with Crippen LogP contribution >= 0.6 is 0 Å². The first-order valence-electron chi connectivity index (χ1n) is 7.85. The number of hydrogen-bond donors (Lipinski definition) is 1. The van der Waals surface area contributed by atoms with E-state index >= 15 is 0 Å². The van der Waals surface area contributed by atoms with Gasteiger partial charge in [-0.3, -0.25) is 0 Å². The molecule has 0 bridgehead atoms. The zero-order valence-corrected chi connectivity index (χ0v) is 14.5. The zero-order chi connectivity index (χ0) is 16.8. The van der Waals surface area contributed by atoms with Gasteiger partial charge in [0.05, 0.1) is 13.7 Å². The monoisotopic (exact) mass is 318 g/mol. The van der Waals surface area contributed by atoms with E-state index in [0.29, 0.717) is 30.3 Å². The quantitative estimate of drug-likeness (QED) is 0.806. The molecule has 0 saturated heterocycles. The van der Waals surface area contributed by atoms with Crippen LogP contribution in [0.5, 0.6) is 5.75 Å². The highest BCUT2D eigenvalue weighted by Gasteiger charge is 2.16. The second kappa shape index (κ2) is 8.08. The molecule has 1 heterocycles. The minimum Gasteiger partial charge on any atom is -0.497 e. The van der Waals surface area contributed by atoms with Crippen LogP contribution in [0.4, 0.5) is 0 Å². The molecule has 1 N–H and O–H groups in total. The Morgan fingerprint density at radius 3 is 2.43 bits per heavy atom. The van der Waals surface area contributed by atoms with E-state index in [1.54, 1.807) is 7.11 Å². The molecule has 1 unspecified atom stereocenters. The van der Waals surface area contributed by atoms with Gasteiger partial charge >= 0.3 is 0 Å². The Morgan fingerprint density at radius 1 is 1.17 bits per heavy atom. The molecule has 0 amide bonds. The van der Waals surface area contributed by atoms with Gasteiger partial charge in [-0.2, -0.15) is 0 Å². The number of nitrogens with zero attached hydrogens (tertiary/aromatic N) is 3. The molecule has 6 nitrogen and oxygen atoms in total. The molecular formula is C17H26N4O2. The number of aromatic nitrogens is 2. The standard InChI is InChI=1S/C17H26N4O2/c1-12(2)15(21(3)4)10-18-11-16-19-20-17(23-16)13-6-8-14(22-5)9-7-13/h6-9,12,15,18H,10-11H2,1-5H3.